The highest BCUT2D eigenvalue weighted by Gasteiger charge is 2.15. The van der Waals surface area contributed by atoms with Gasteiger partial charge in [0.05, 0.1) is 11.1 Å². The maximum Gasteiger partial charge on any atom is 0.128 e. The highest BCUT2D eigenvalue weighted by atomic mass is 16.5. The van der Waals surface area contributed by atoms with Crippen LogP contribution in [0.1, 0.15) is 54.7 Å². The zero-order valence-electron chi connectivity index (χ0n) is 13.0. The van der Waals surface area contributed by atoms with E-state index in [0.717, 1.165) is 5.75 Å². The molecule has 114 valence electrons. The highest BCUT2D eigenvalue weighted by molar-refractivity contribution is 5.50. The van der Waals surface area contributed by atoms with Crippen LogP contribution in [-0.2, 0) is 0 Å². The van der Waals surface area contributed by atoms with Crippen molar-refractivity contribution in [2.24, 2.45) is 0 Å². The Kier molecular flexibility index (Phi) is 4.60. The second-order valence-corrected chi connectivity index (χ2v) is 5.94. The van der Waals surface area contributed by atoms with Gasteiger partial charge in [0, 0.05) is 0 Å². The minimum atomic E-state index is 0.337. The van der Waals surface area contributed by atoms with Crippen LogP contribution in [0.3, 0.4) is 0 Å². The Morgan fingerprint density at radius 2 is 1.43 bits per heavy atom. The molecule has 3 nitrogen and oxygen atoms in total. The lowest BCUT2D eigenvalue weighted by Crippen LogP contribution is -2.04. The summed E-state index contributed by atoms with van der Waals surface area (Å²) in [6.45, 7) is 0. The highest BCUT2D eigenvalue weighted by Crippen LogP contribution is 2.34. The van der Waals surface area contributed by atoms with E-state index in [9.17, 15) is 0 Å². The van der Waals surface area contributed by atoms with Gasteiger partial charge in [-0.3, -0.25) is 0 Å². The molecule has 0 heterocycles. The molecule has 0 saturated heterocycles. The minimum Gasteiger partial charge on any atom is -0.457 e. The molecule has 2 aromatic carbocycles. The zero-order valence-corrected chi connectivity index (χ0v) is 13.0. The van der Waals surface area contributed by atoms with Crippen LogP contribution in [0.4, 0.5) is 0 Å². The van der Waals surface area contributed by atoms with Gasteiger partial charge in [0.1, 0.15) is 23.6 Å². The van der Waals surface area contributed by atoms with Crippen molar-refractivity contribution in [2.45, 2.75) is 38.0 Å². The maximum absolute atomic E-state index is 9.06. The first-order valence-electron chi connectivity index (χ1n) is 8.02. The largest absolute Gasteiger partial charge is 0.457 e. The predicted molar refractivity (Wildman–Crippen MR) is 88.2 cm³/mol. The van der Waals surface area contributed by atoms with Crippen molar-refractivity contribution in [3.63, 3.8) is 0 Å². The molecule has 23 heavy (non-hydrogen) atoms. The van der Waals surface area contributed by atoms with Crippen molar-refractivity contribution in [3.8, 4) is 23.6 Å². The number of hydrogen-bond acceptors (Lipinski definition) is 3. The Morgan fingerprint density at radius 3 is 2.09 bits per heavy atom. The average Bonchev–Trinajstić information content (AvgIpc) is 2.63. The average molecular weight is 302 g/mol. The molecule has 1 saturated carbocycles. The molecule has 0 unspecified atom stereocenters. The Hall–Kier alpha value is -2.78. The van der Waals surface area contributed by atoms with E-state index < -0.39 is 0 Å². The van der Waals surface area contributed by atoms with Crippen LogP contribution in [0.15, 0.2) is 42.5 Å². The standard InChI is InChI=1S/C20H18N2O/c21-13-17-8-11-20(12-18(17)14-22)23-19-9-6-16(7-10-19)15-4-2-1-3-5-15/h6-12,15H,1-5H2. The van der Waals surface area contributed by atoms with Crippen molar-refractivity contribution in [2.75, 3.05) is 0 Å². The number of ether oxygens (including phenoxy) is 1. The Morgan fingerprint density at radius 1 is 0.783 bits per heavy atom. The summed E-state index contributed by atoms with van der Waals surface area (Å²) < 4.78 is 5.80. The Balaban J connectivity index is 1.73. The molecule has 0 atom stereocenters. The SMILES string of the molecule is N#Cc1ccc(Oc2ccc(C3CCCCC3)cc2)cc1C#N. The number of rotatable bonds is 3. The topological polar surface area (TPSA) is 56.8 Å². The summed E-state index contributed by atoms with van der Waals surface area (Å²) in [5, 5.41) is 18.0. The van der Waals surface area contributed by atoms with Crippen LogP contribution in [0.2, 0.25) is 0 Å². The third-order valence-corrected chi connectivity index (χ3v) is 4.42. The van der Waals surface area contributed by atoms with Gasteiger partial charge in [0.25, 0.3) is 0 Å². The zero-order chi connectivity index (χ0) is 16.1. The molecule has 2 aromatic rings. The molecule has 1 aliphatic rings. The van der Waals surface area contributed by atoms with Gasteiger partial charge in [0.2, 0.25) is 0 Å². The Labute approximate surface area is 136 Å². The number of nitriles is 2. The molecule has 0 radical (unpaired) electrons. The van der Waals surface area contributed by atoms with Gasteiger partial charge in [-0.15, -0.1) is 0 Å². The van der Waals surface area contributed by atoms with E-state index in [1.165, 1.54) is 37.7 Å². The molecule has 3 heteroatoms. The third kappa shape index (κ3) is 3.52. The van der Waals surface area contributed by atoms with E-state index in [1.54, 1.807) is 18.2 Å². The molecule has 0 N–H and O–H groups in total. The van der Waals surface area contributed by atoms with E-state index in [-0.39, 0.29) is 0 Å². The molecular formula is C20H18N2O. The third-order valence-electron chi connectivity index (χ3n) is 4.42. The maximum atomic E-state index is 9.06. The monoisotopic (exact) mass is 302 g/mol. The smallest absolute Gasteiger partial charge is 0.128 e. The molecule has 1 aliphatic carbocycles. The van der Waals surface area contributed by atoms with E-state index in [1.807, 2.05) is 24.3 Å². The van der Waals surface area contributed by atoms with E-state index in [4.69, 9.17) is 15.3 Å². The molecule has 1 fully saturated rings. The minimum absolute atomic E-state index is 0.337. The fraction of sp³-hybridized carbons (Fsp3) is 0.300. The lowest BCUT2D eigenvalue weighted by Gasteiger charge is -2.22. The van der Waals surface area contributed by atoms with Gasteiger partial charge in [-0.1, -0.05) is 31.4 Å². The van der Waals surface area contributed by atoms with Gasteiger partial charge in [-0.25, -0.2) is 0 Å². The van der Waals surface area contributed by atoms with Crippen LogP contribution in [0.5, 0.6) is 11.5 Å². The Bertz CT molecular complexity index is 760. The van der Waals surface area contributed by atoms with Gasteiger partial charge >= 0.3 is 0 Å². The number of nitrogens with zero attached hydrogens (tertiary/aromatic N) is 2. The molecule has 0 bridgehead atoms. The second kappa shape index (κ2) is 6.99. The molecule has 0 amide bonds. The normalized spacial score (nSPS) is 14.7. The predicted octanol–water partition coefficient (Wildman–Crippen LogP) is 5.27. The van der Waals surface area contributed by atoms with Crippen molar-refractivity contribution in [3.05, 3.63) is 59.2 Å². The van der Waals surface area contributed by atoms with Crippen LogP contribution in [0, 0.1) is 22.7 Å². The number of benzene rings is 2. The summed E-state index contributed by atoms with van der Waals surface area (Å²) in [5.41, 5.74) is 2.09. The van der Waals surface area contributed by atoms with Crippen molar-refractivity contribution in [1.82, 2.24) is 0 Å². The number of hydrogen-bond donors (Lipinski definition) is 0. The quantitative estimate of drug-likeness (QED) is 0.776. The van der Waals surface area contributed by atoms with Crippen LogP contribution in [-0.4, -0.2) is 0 Å². The second-order valence-electron chi connectivity index (χ2n) is 5.94. The molecule has 0 aromatic heterocycles. The van der Waals surface area contributed by atoms with E-state index in [2.05, 4.69) is 12.1 Å². The molecule has 0 spiro atoms. The van der Waals surface area contributed by atoms with Gasteiger partial charge in [0.15, 0.2) is 0 Å². The van der Waals surface area contributed by atoms with E-state index in [0.29, 0.717) is 22.8 Å². The fourth-order valence-electron chi connectivity index (χ4n) is 3.16. The molecule has 3 rings (SSSR count). The summed E-state index contributed by atoms with van der Waals surface area (Å²) in [6.07, 6.45) is 6.57. The summed E-state index contributed by atoms with van der Waals surface area (Å²) in [6, 6.07) is 17.2. The summed E-state index contributed by atoms with van der Waals surface area (Å²) in [7, 11) is 0. The van der Waals surface area contributed by atoms with Crippen molar-refractivity contribution < 1.29 is 4.74 Å². The fourth-order valence-corrected chi connectivity index (χ4v) is 3.16. The van der Waals surface area contributed by atoms with Gasteiger partial charge in [-0.05, 0) is 54.7 Å². The molecule has 0 aliphatic heterocycles. The lowest BCUT2D eigenvalue weighted by molar-refractivity contribution is 0.442. The molecular weight excluding hydrogens is 284 g/mol. The first kappa shape index (κ1) is 15.1. The van der Waals surface area contributed by atoms with Gasteiger partial charge in [-0.2, -0.15) is 10.5 Å². The van der Waals surface area contributed by atoms with Crippen molar-refractivity contribution in [1.29, 1.82) is 10.5 Å². The van der Waals surface area contributed by atoms with Crippen LogP contribution in [0.25, 0.3) is 0 Å². The van der Waals surface area contributed by atoms with E-state index >= 15 is 0 Å². The first-order chi connectivity index (χ1) is 11.3. The summed E-state index contributed by atoms with van der Waals surface area (Å²) >= 11 is 0. The summed E-state index contributed by atoms with van der Waals surface area (Å²) in [5.74, 6) is 2.00. The summed E-state index contributed by atoms with van der Waals surface area (Å²) in [4.78, 5) is 0. The van der Waals surface area contributed by atoms with Crippen molar-refractivity contribution >= 4 is 0 Å². The van der Waals surface area contributed by atoms with Crippen LogP contribution >= 0.6 is 0 Å². The lowest BCUT2D eigenvalue weighted by atomic mass is 9.84. The first-order valence-corrected chi connectivity index (χ1v) is 8.02. The van der Waals surface area contributed by atoms with Gasteiger partial charge < -0.3 is 4.74 Å². The van der Waals surface area contributed by atoms with Crippen LogP contribution < -0.4 is 4.74 Å².